The number of aliphatic imine (C=N–C) groups is 2. The van der Waals surface area contributed by atoms with E-state index in [-0.39, 0.29) is 0 Å². The van der Waals surface area contributed by atoms with Crippen molar-refractivity contribution in [1.82, 2.24) is 0 Å². The van der Waals surface area contributed by atoms with Crippen LogP contribution in [0.5, 0.6) is 0 Å². The van der Waals surface area contributed by atoms with E-state index in [1.165, 1.54) is 49.4 Å². The maximum Gasteiger partial charge on any atom is 0.160 e. The van der Waals surface area contributed by atoms with Crippen LogP contribution in [0.1, 0.15) is 29.5 Å². The molecule has 0 fully saturated rings. The highest BCUT2D eigenvalue weighted by Crippen LogP contribution is 2.49. The molecule has 2 heteroatoms. The van der Waals surface area contributed by atoms with E-state index in [4.69, 9.17) is 9.98 Å². The van der Waals surface area contributed by atoms with Crippen molar-refractivity contribution in [3.05, 3.63) is 150 Å². The van der Waals surface area contributed by atoms with E-state index in [9.17, 15) is 0 Å². The van der Waals surface area contributed by atoms with Crippen molar-refractivity contribution in [2.75, 3.05) is 0 Å². The first-order valence-corrected chi connectivity index (χ1v) is 13.9. The van der Waals surface area contributed by atoms with E-state index in [1.807, 2.05) is 12.1 Å². The summed E-state index contributed by atoms with van der Waals surface area (Å²) in [6.07, 6.45) is 3.98. The van der Waals surface area contributed by atoms with Gasteiger partial charge in [-0.1, -0.05) is 121 Å². The van der Waals surface area contributed by atoms with Crippen LogP contribution in [-0.4, -0.2) is 11.5 Å². The first kappa shape index (κ1) is 22.9. The number of allylic oxidation sites excluding steroid dienone is 1. The molecule has 0 spiro atoms. The van der Waals surface area contributed by atoms with E-state index in [2.05, 4.69) is 121 Å². The molecule has 188 valence electrons. The van der Waals surface area contributed by atoms with Crippen molar-refractivity contribution >= 4 is 38.8 Å². The lowest BCUT2D eigenvalue weighted by molar-refractivity contribution is 1.09. The summed E-state index contributed by atoms with van der Waals surface area (Å²) in [5, 5.41) is 5.14. The molecule has 0 atom stereocenters. The summed E-state index contributed by atoms with van der Waals surface area (Å²) in [4.78, 5) is 10.4. The van der Waals surface area contributed by atoms with E-state index in [1.54, 1.807) is 0 Å². The van der Waals surface area contributed by atoms with Crippen molar-refractivity contribution < 1.29 is 0 Å². The van der Waals surface area contributed by atoms with Crippen LogP contribution in [-0.2, 0) is 0 Å². The molecule has 1 heterocycles. The number of hydrogen-bond acceptors (Lipinski definition) is 2. The summed E-state index contributed by atoms with van der Waals surface area (Å²) in [6, 6.07) is 45.4. The van der Waals surface area contributed by atoms with E-state index in [0.29, 0.717) is 0 Å². The van der Waals surface area contributed by atoms with Crippen LogP contribution in [0, 0.1) is 0 Å². The van der Waals surface area contributed by atoms with Gasteiger partial charge in [0.1, 0.15) is 0 Å². The smallest absolute Gasteiger partial charge is 0.160 e. The number of benzene rings is 6. The van der Waals surface area contributed by atoms with Crippen molar-refractivity contribution in [3.63, 3.8) is 0 Å². The van der Waals surface area contributed by atoms with Gasteiger partial charge in [-0.3, -0.25) is 0 Å². The highest BCUT2D eigenvalue weighted by atomic mass is 14.9. The molecular weight excluding hydrogens is 484 g/mol. The van der Waals surface area contributed by atoms with Crippen molar-refractivity contribution in [1.29, 1.82) is 0 Å². The van der Waals surface area contributed by atoms with Crippen LogP contribution in [0.4, 0.5) is 0 Å². The molecule has 0 bridgehead atoms. The van der Waals surface area contributed by atoms with Crippen LogP contribution in [0.3, 0.4) is 0 Å². The highest BCUT2D eigenvalue weighted by Gasteiger charge is 2.24. The van der Waals surface area contributed by atoms with Gasteiger partial charge < -0.3 is 0 Å². The maximum absolute atomic E-state index is 5.30. The second-order valence-electron chi connectivity index (χ2n) is 10.5. The monoisotopic (exact) mass is 510 g/mol. The first-order valence-electron chi connectivity index (χ1n) is 13.9. The average Bonchev–Trinajstić information content (AvgIpc) is 3.31. The lowest BCUT2D eigenvalue weighted by atomic mass is 9.93. The zero-order valence-corrected chi connectivity index (χ0v) is 22.0. The summed E-state index contributed by atoms with van der Waals surface area (Å²) in [7, 11) is 0. The molecule has 6 aromatic carbocycles. The number of fused-ring (bicyclic) bond motifs is 4. The fourth-order valence-electron chi connectivity index (χ4n) is 6.21. The standard InChI is InChI=1S/C38H26N2/c1-3-11-25(12-4-1)35-19-10-20-36(40-38(39-35)26-13-5-2-6-14-26)29-21-22-32-34-24-28-16-8-7-15-27(28)23-33(34)31-18-9-17-30(29)37(31)32/h1-9,11-19,21-24H,10,20H2/b35-19-,39-38-,40-36+. The highest BCUT2D eigenvalue weighted by molar-refractivity contribution is 6.24. The summed E-state index contributed by atoms with van der Waals surface area (Å²) in [5.41, 5.74) is 10.6. The number of rotatable bonds is 3. The van der Waals surface area contributed by atoms with Crippen LogP contribution in [0.2, 0.25) is 0 Å². The number of nitrogens with zero attached hydrogens (tertiary/aromatic N) is 2. The summed E-state index contributed by atoms with van der Waals surface area (Å²) in [6.45, 7) is 0. The van der Waals surface area contributed by atoms with E-state index < -0.39 is 0 Å². The fraction of sp³-hybridized carbons (Fsp3) is 0.0526. The molecule has 0 saturated carbocycles. The van der Waals surface area contributed by atoms with Gasteiger partial charge in [0.15, 0.2) is 5.84 Å². The summed E-state index contributed by atoms with van der Waals surface area (Å²) >= 11 is 0. The minimum atomic E-state index is 0.753. The van der Waals surface area contributed by atoms with Gasteiger partial charge in [-0.15, -0.1) is 0 Å². The second-order valence-corrected chi connectivity index (χ2v) is 10.5. The topological polar surface area (TPSA) is 24.7 Å². The van der Waals surface area contributed by atoms with Gasteiger partial charge in [0.2, 0.25) is 0 Å². The van der Waals surface area contributed by atoms with Crippen molar-refractivity contribution in [2.45, 2.75) is 12.8 Å². The third-order valence-electron chi connectivity index (χ3n) is 8.11. The minimum Gasteiger partial charge on any atom is -0.232 e. The van der Waals surface area contributed by atoms with Gasteiger partial charge in [-0.05, 0) is 74.3 Å². The molecule has 0 aromatic heterocycles. The van der Waals surface area contributed by atoms with Gasteiger partial charge in [0.25, 0.3) is 0 Å². The molecular formula is C38H26N2. The maximum atomic E-state index is 5.30. The Morgan fingerprint density at radius 1 is 0.475 bits per heavy atom. The molecule has 0 amide bonds. The third-order valence-corrected chi connectivity index (χ3v) is 8.11. The molecule has 40 heavy (non-hydrogen) atoms. The second kappa shape index (κ2) is 9.29. The van der Waals surface area contributed by atoms with Gasteiger partial charge in [0.05, 0.1) is 11.4 Å². The van der Waals surface area contributed by atoms with Crippen molar-refractivity contribution in [2.24, 2.45) is 9.98 Å². The molecule has 8 rings (SSSR count). The van der Waals surface area contributed by atoms with Gasteiger partial charge in [-0.2, -0.15) is 0 Å². The molecule has 6 aromatic rings. The van der Waals surface area contributed by atoms with E-state index >= 15 is 0 Å². The lowest BCUT2D eigenvalue weighted by Crippen LogP contribution is -2.10. The number of hydrogen-bond donors (Lipinski definition) is 0. The SMILES string of the molecule is C1=C(c2ccccc2)/N=C(c2ccccc2)\N=C(\c2ccc3c4c(cccc24)-c2cc4ccccc4cc2-3)CC\1. The molecule has 2 nitrogen and oxygen atoms in total. The molecule has 0 unspecified atom stereocenters. The average molecular weight is 511 g/mol. The Bertz CT molecular complexity index is 1980. The molecule has 1 aliphatic carbocycles. The zero-order chi connectivity index (χ0) is 26.5. The predicted octanol–water partition coefficient (Wildman–Crippen LogP) is 9.71. The predicted molar refractivity (Wildman–Crippen MR) is 169 cm³/mol. The Morgan fingerprint density at radius 3 is 1.82 bits per heavy atom. The molecule has 0 radical (unpaired) electrons. The summed E-state index contributed by atoms with van der Waals surface area (Å²) in [5.74, 6) is 0.753. The quantitative estimate of drug-likeness (QED) is 0.226. The normalized spacial score (nSPS) is 18.1. The van der Waals surface area contributed by atoms with Gasteiger partial charge in [-0.25, -0.2) is 9.98 Å². The molecule has 1 aliphatic heterocycles. The van der Waals surface area contributed by atoms with E-state index in [0.717, 1.165) is 41.2 Å². The van der Waals surface area contributed by atoms with Crippen molar-refractivity contribution in [3.8, 4) is 22.3 Å². The Balaban J connectivity index is 1.31. The third kappa shape index (κ3) is 3.72. The van der Waals surface area contributed by atoms with Crippen LogP contribution >= 0.6 is 0 Å². The van der Waals surface area contributed by atoms with Gasteiger partial charge in [0, 0.05) is 11.1 Å². The number of amidine groups is 1. The van der Waals surface area contributed by atoms with Crippen LogP contribution in [0.15, 0.2) is 143 Å². The Labute approximate surface area is 233 Å². The zero-order valence-electron chi connectivity index (χ0n) is 22.0. The molecule has 2 aliphatic rings. The Morgan fingerprint density at radius 2 is 1.10 bits per heavy atom. The summed E-state index contributed by atoms with van der Waals surface area (Å²) < 4.78 is 0. The fourth-order valence-corrected chi connectivity index (χ4v) is 6.21. The minimum absolute atomic E-state index is 0.753. The van der Waals surface area contributed by atoms with Gasteiger partial charge >= 0.3 is 0 Å². The Hall–Kier alpha value is -5.08. The molecule has 0 saturated heterocycles. The van der Waals surface area contributed by atoms with Crippen LogP contribution < -0.4 is 0 Å². The lowest BCUT2D eigenvalue weighted by Gasteiger charge is -2.15. The van der Waals surface area contributed by atoms with Crippen LogP contribution in [0.25, 0.3) is 49.5 Å². The largest absolute Gasteiger partial charge is 0.232 e. The Kier molecular flexibility index (Phi) is 5.31. The first-order chi connectivity index (χ1) is 19.8. The molecule has 0 N–H and O–H groups in total.